The minimum Gasteiger partial charge on any atom is -0.364 e. The SMILES string of the molecule is CN=C(NCc1ccc(N2CCCC2)nc1)N1CCN(Cc2ccon2)CC1. The molecule has 0 aromatic carbocycles. The Kier molecular flexibility index (Phi) is 6.06. The van der Waals surface area contributed by atoms with Gasteiger partial charge in [0.15, 0.2) is 5.96 Å². The number of hydrogen-bond acceptors (Lipinski definition) is 6. The van der Waals surface area contributed by atoms with Crippen molar-refractivity contribution < 1.29 is 4.52 Å². The third-order valence-electron chi connectivity index (χ3n) is 5.45. The number of aliphatic imine (C=N–C) groups is 1. The molecule has 4 rings (SSSR count). The molecule has 4 heterocycles. The number of pyridine rings is 1. The monoisotopic (exact) mass is 383 g/mol. The summed E-state index contributed by atoms with van der Waals surface area (Å²) in [7, 11) is 1.85. The van der Waals surface area contributed by atoms with Crippen LogP contribution in [-0.2, 0) is 13.1 Å². The van der Waals surface area contributed by atoms with Crippen LogP contribution in [0.5, 0.6) is 0 Å². The molecular weight excluding hydrogens is 354 g/mol. The lowest BCUT2D eigenvalue weighted by atomic mass is 10.2. The van der Waals surface area contributed by atoms with Gasteiger partial charge in [-0.25, -0.2) is 4.98 Å². The Morgan fingerprint density at radius 2 is 1.93 bits per heavy atom. The van der Waals surface area contributed by atoms with Crippen LogP contribution in [0.3, 0.4) is 0 Å². The highest BCUT2D eigenvalue weighted by Gasteiger charge is 2.20. The molecule has 0 spiro atoms. The number of hydrogen-bond donors (Lipinski definition) is 1. The highest BCUT2D eigenvalue weighted by molar-refractivity contribution is 5.80. The van der Waals surface area contributed by atoms with E-state index in [4.69, 9.17) is 4.52 Å². The molecule has 0 amide bonds. The lowest BCUT2D eigenvalue weighted by molar-refractivity contribution is 0.169. The molecule has 2 aromatic heterocycles. The Morgan fingerprint density at radius 3 is 2.57 bits per heavy atom. The van der Waals surface area contributed by atoms with Gasteiger partial charge >= 0.3 is 0 Å². The Morgan fingerprint density at radius 1 is 1.11 bits per heavy atom. The van der Waals surface area contributed by atoms with Crippen LogP contribution in [0.15, 0.2) is 40.2 Å². The van der Waals surface area contributed by atoms with Crippen LogP contribution in [0.2, 0.25) is 0 Å². The molecule has 0 bridgehead atoms. The van der Waals surface area contributed by atoms with Crippen molar-refractivity contribution in [3.63, 3.8) is 0 Å². The number of aromatic nitrogens is 2. The number of anilines is 1. The maximum Gasteiger partial charge on any atom is 0.194 e. The summed E-state index contributed by atoms with van der Waals surface area (Å²) in [5.41, 5.74) is 2.16. The molecule has 2 aliphatic heterocycles. The van der Waals surface area contributed by atoms with Crippen molar-refractivity contribution in [3.05, 3.63) is 41.9 Å². The van der Waals surface area contributed by atoms with E-state index < -0.39 is 0 Å². The maximum absolute atomic E-state index is 4.92. The molecule has 150 valence electrons. The first-order valence-electron chi connectivity index (χ1n) is 10.1. The molecule has 0 saturated carbocycles. The first-order chi connectivity index (χ1) is 13.8. The van der Waals surface area contributed by atoms with E-state index in [2.05, 4.69) is 47.3 Å². The topological polar surface area (TPSA) is 73.0 Å². The Labute approximate surface area is 166 Å². The number of piperazine rings is 1. The summed E-state index contributed by atoms with van der Waals surface area (Å²) in [6.45, 7) is 7.69. The van der Waals surface area contributed by atoms with Crippen molar-refractivity contribution in [2.24, 2.45) is 4.99 Å². The highest BCUT2D eigenvalue weighted by atomic mass is 16.5. The molecule has 28 heavy (non-hydrogen) atoms. The maximum atomic E-state index is 4.92. The molecule has 0 radical (unpaired) electrons. The average molecular weight is 384 g/mol. The number of nitrogens with one attached hydrogen (secondary N) is 1. The van der Waals surface area contributed by atoms with Gasteiger partial charge in [-0.2, -0.15) is 0 Å². The van der Waals surface area contributed by atoms with E-state index in [-0.39, 0.29) is 0 Å². The minimum absolute atomic E-state index is 0.735. The van der Waals surface area contributed by atoms with Crippen LogP contribution >= 0.6 is 0 Å². The van der Waals surface area contributed by atoms with Gasteiger partial charge in [0.05, 0.1) is 5.69 Å². The van der Waals surface area contributed by atoms with Gasteiger partial charge in [-0.1, -0.05) is 11.2 Å². The molecule has 2 aromatic rings. The first kappa shape index (κ1) is 18.7. The standard InChI is InChI=1S/C20H29N7O/c1-21-20(27-11-9-25(10-12-27)16-18-6-13-28-24-18)23-15-17-4-5-19(22-14-17)26-7-2-3-8-26/h4-6,13-14H,2-3,7-12,15-16H2,1H3,(H,21,23). The summed E-state index contributed by atoms with van der Waals surface area (Å²) in [4.78, 5) is 16.2. The number of guanidine groups is 1. The van der Waals surface area contributed by atoms with E-state index in [0.717, 1.165) is 69.8 Å². The Balaban J connectivity index is 1.24. The second-order valence-electron chi connectivity index (χ2n) is 7.37. The van der Waals surface area contributed by atoms with E-state index >= 15 is 0 Å². The average Bonchev–Trinajstić information content (AvgIpc) is 3.44. The second kappa shape index (κ2) is 9.05. The molecule has 0 aliphatic carbocycles. The molecule has 1 N–H and O–H groups in total. The van der Waals surface area contributed by atoms with Crippen molar-refractivity contribution in [2.75, 3.05) is 51.2 Å². The fraction of sp³-hybridized carbons (Fsp3) is 0.550. The third-order valence-corrected chi connectivity index (χ3v) is 5.45. The molecule has 8 nitrogen and oxygen atoms in total. The third kappa shape index (κ3) is 4.62. The van der Waals surface area contributed by atoms with Crippen LogP contribution in [0, 0.1) is 0 Å². The first-order valence-corrected chi connectivity index (χ1v) is 10.1. The zero-order valence-corrected chi connectivity index (χ0v) is 16.5. The predicted octanol–water partition coefficient (Wildman–Crippen LogP) is 1.56. The quantitative estimate of drug-likeness (QED) is 0.620. The van der Waals surface area contributed by atoms with Crippen molar-refractivity contribution >= 4 is 11.8 Å². The molecule has 2 aliphatic rings. The van der Waals surface area contributed by atoms with E-state index in [1.54, 1.807) is 6.26 Å². The zero-order chi connectivity index (χ0) is 19.2. The molecular formula is C20H29N7O. The molecule has 2 fully saturated rings. The molecule has 0 unspecified atom stereocenters. The summed E-state index contributed by atoms with van der Waals surface area (Å²) in [5.74, 6) is 2.04. The normalized spacial score (nSPS) is 18.7. The smallest absolute Gasteiger partial charge is 0.194 e. The van der Waals surface area contributed by atoms with Gasteiger partial charge in [0.25, 0.3) is 0 Å². The summed E-state index contributed by atoms with van der Waals surface area (Å²) >= 11 is 0. The lowest BCUT2D eigenvalue weighted by Crippen LogP contribution is -2.52. The minimum atomic E-state index is 0.735. The van der Waals surface area contributed by atoms with Crippen LogP contribution < -0.4 is 10.2 Å². The molecule has 0 atom stereocenters. The number of nitrogens with zero attached hydrogens (tertiary/aromatic N) is 6. The van der Waals surface area contributed by atoms with Gasteiger partial charge in [0, 0.05) is 71.7 Å². The van der Waals surface area contributed by atoms with Crippen molar-refractivity contribution in [1.29, 1.82) is 0 Å². The van der Waals surface area contributed by atoms with Crippen molar-refractivity contribution in [2.45, 2.75) is 25.9 Å². The van der Waals surface area contributed by atoms with Crippen LogP contribution in [0.4, 0.5) is 5.82 Å². The highest BCUT2D eigenvalue weighted by Crippen LogP contribution is 2.17. The van der Waals surface area contributed by atoms with E-state index in [1.807, 2.05) is 19.3 Å². The van der Waals surface area contributed by atoms with Crippen LogP contribution in [0.25, 0.3) is 0 Å². The van der Waals surface area contributed by atoms with E-state index in [0.29, 0.717) is 0 Å². The van der Waals surface area contributed by atoms with Crippen LogP contribution in [-0.4, -0.2) is 72.2 Å². The van der Waals surface area contributed by atoms with Gasteiger partial charge in [-0.05, 0) is 24.5 Å². The van der Waals surface area contributed by atoms with Gasteiger partial charge in [-0.3, -0.25) is 9.89 Å². The summed E-state index contributed by atoms with van der Waals surface area (Å²) in [6.07, 6.45) is 6.15. The molecule has 8 heteroatoms. The Hall–Kier alpha value is -2.61. The van der Waals surface area contributed by atoms with E-state index in [9.17, 15) is 0 Å². The fourth-order valence-electron chi connectivity index (χ4n) is 3.83. The lowest BCUT2D eigenvalue weighted by Gasteiger charge is -2.36. The zero-order valence-electron chi connectivity index (χ0n) is 16.5. The summed E-state index contributed by atoms with van der Waals surface area (Å²) < 4.78 is 4.92. The van der Waals surface area contributed by atoms with Crippen molar-refractivity contribution in [3.8, 4) is 0 Å². The van der Waals surface area contributed by atoms with Gasteiger partial charge in [0.1, 0.15) is 12.1 Å². The summed E-state index contributed by atoms with van der Waals surface area (Å²) in [5, 5.41) is 7.48. The largest absolute Gasteiger partial charge is 0.364 e. The predicted molar refractivity (Wildman–Crippen MR) is 109 cm³/mol. The second-order valence-corrected chi connectivity index (χ2v) is 7.37. The van der Waals surface area contributed by atoms with Crippen molar-refractivity contribution in [1.82, 2.24) is 25.3 Å². The van der Waals surface area contributed by atoms with Gasteiger partial charge in [0.2, 0.25) is 0 Å². The fourth-order valence-corrected chi connectivity index (χ4v) is 3.83. The van der Waals surface area contributed by atoms with E-state index in [1.165, 1.54) is 18.4 Å². The number of rotatable bonds is 5. The Bertz CT molecular complexity index is 745. The van der Waals surface area contributed by atoms with Gasteiger partial charge < -0.3 is 19.6 Å². The van der Waals surface area contributed by atoms with Crippen LogP contribution in [0.1, 0.15) is 24.1 Å². The summed E-state index contributed by atoms with van der Waals surface area (Å²) in [6, 6.07) is 6.22. The molecule has 2 saturated heterocycles. The van der Waals surface area contributed by atoms with Gasteiger partial charge in [-0.15, -0.1) is 0 Å².